The van der Waals surface area contributed by atoms with Gasteiger partial charge in [0.1, 0.15) is 0 Å². The summed E-state index contributed by atoms with van der Waals surface area (Å²) in [5.74, 6) is 0. The normalized spacial score (nSPS) is 14.9. The number of nitrogens with one attached hydrogen (secondary N) is 1. The van der Waals surface area contributed by atoms with E-state index in [0.29, 0.717) is 0 Å². The van der Waals surface area contributed by atoms with Crippen LogP contribution < -0.4 is 5.32 Å². The summed E-state index contributed by atoms with van der Waals surface area (Å²) in [6, 6.07) is 10.5. The SMILES string of the molecule is c1ccc2nc3c(cc2c1)NCCC3. The van der Waals surface area contributed by atoms with Crippen LogP contribution in [0.1, 0.15) is 12.1 Å². The van der Waals surface area contributed by atoms with Gasteiger partial charge in [0, 0.05) is 11.9 Å². The second kappa shape index (κ2) is 2.98. The zero-order chi connectivity index (χ0) is 9.38. The first kappa shape index (κ1) is 7.80. The van der Waals surface area contributed by atoms with Crippen LogP contribution in [0.4, 0.5) is 5.69 Å². The van der Waals surface area contributed by atoms with Gasteiger partial charge >= 0.3 is 0 Å². The van der Waals surface area contributed by atoms with Gasteiger partial charge in [-0.05, 0) is 25.0 Å². The molecular formula is C12H12N2. The highest BCUT2D eigenvalue weighted by Gasteiger charge is 2.10. The topological polar surface area (TPSA) is 24.9 Å². The number of hydrogen-bond acceptors (Lipinski definition) is 2. The molecule has 1 N–H and O–H groups in total. The standard InChI is InChI=1S/C12H12N2/c1-2-5-10-9(4-1)8-12-11(14-10)6-3-7-13-12/h1-2,4-5,8,13H,3,6-7H2. The Morgan fingerprint density at radius 3 is 3.14 bits per heavy atom. The molecule has 2 aromatic rings. The van der Waals surface area contributed by atoms with Crippen molar-refractivity contribution >= 4 is 16.6 Å². The van der Waals surface area contributed by atoms with Gasteiger partial charge in [-0.3, -0.25) is 4.98 Å². The average molecular weight is 184 g/mol. The van der Waals surface area contributed by atoms with Crippen molar-refractivity contribution in [2.75, 3.05) is 11.9 Å². The summed E-state index contributed by atoms with van der Waals surface area (Å²) >= 11 is 0. The Labute approximate surface area is 83.0 Å². The molecule has 0 atom stereocenters. The van der Waals surface area contributed by atoms with Gasteiger partial charge in [0.2, 0.25) is 0 Å². The minimum Gasteiger partial charge on any atom is -0.384 e. The molecule has 0 fully saturated rings. The molecule has 2 heteroatoms. The molecule has 0 radical (unpaired) electrons. The molecule has 2 nitrogen and oxygen atoms in total. The van der Waals surface area contributed by atoms with Crippen LogP contribution in [0.15, 0.2) is 30.3 Å². The first-order valence-corrected chi connectivity index (χ1v) is 5.06. The van der Waals surface area contributed by atoms with E-state index in [1.54, 1.807) is 0 Å². The van der Waals surface area contributed by atoms with Crippen molar-refractivity contribution < 1.29 is 0 Å². The molecule has 0 bridgehead atoms. The molecule has 1 aliphatic rings. The number of aromatic nitrogens is 1. The van der Waals surface area contributed by atoms with Crippen molar-refractivity contribution in [1.29, 1.82) is 0 Å². The van der Waals surface area contributed by atoms with Crippen molar-refractivity contribution in [3.8, 4) is 0 Å². The molecular weight excluding hydrogens is 172 g/mol. The number of nitrogens with zero attached hydrogens (tertiary/aromatic N) is 1. The number of para-hydroxylation sites is 1. The van der Waals surface area contributed by atoms with E-state index in [1.807, 2.05) is 6.07 Å². The third-order valence-corrected chi connectivity index (χ3v) is 2.71. The van der Waals surface area contributed by atoms with Crippen molar-refractivity contribution in [2.24, 2.45) is 0 Å². The molecule has 0 unspecified atom stereocenters. The lowest BCUT2D eigenvalue weighted by atomic mass is 10.1. The van der Waals surface area contributed by atoms with E-state index in [2.05, 4.69) is 34.6 Å². The second-order valence-corrected chi connectivity index (χ2v) is 3.71. The molecule has 0 amide bonds. The van der Waals surface area contributed by atoms with Crippen LogP contribution in [0.2, 0.25) is 0 Å². The highest BCUT2D eigenvalue weighted by Crippen LogP contribution is 2.24. The van der Waals surface area contributed by atoms with Crippen molar-refractivity contribution in [1.82, 2.24) is 4.98 Å². The Hall–Kier alpha value is -1.57. The molecule has 0 aliphatic carbocycles. The van der Waals surface area contributed by atoms with Crippen LogP contribution in [0.25, 0.3) is 10.9 Å². The van der Waals surface area contributed by atoms with Crippen molar-refractivity contribution in [3.05, 3.63) is 36.0 Å². The number of benzene rings is 1. The van der Waals surface area contributed by atoms with E-state index < -0.39 is 0 Å². The fraction of sp³-hybridized carbons (Fsp3) is 0.250. The van der Waals surface area contributed by atoms with Gasteiger partial charge < -0.3 is 5.32 Å². The summed E-state index contributed by atoms with van der Waals surface area (Å²) in [6.07, 6.45) is 2.30. The summed E-state index contributed by atoms with van der Waals surface area (Å²) < 4.78 is 0. The highest BCUT2D eigenvalue weighted by atomic mass is 14.9. The molecule has 1 aliphatic heterocycles. The Morgan fingerprint density at radius 2 is 2.14 bits per heavy atom. The van der Waals surface area contributed by atoms with E-state index in [9.17, 15) is 0 Å². The zero-order valence-corrected chi connectivity index (χ0v) is 7.96. The fourth-order valence-corrected chi connectivity index (χ4v) is 1.98. The molecule has 0 saturated heterocycles. The van der Waals surface area contributed by atoms with Gasteiger partial charge in [-0.25, -0.2) is 0 Å². The number of hydrogen-bond donors (Lipinski definition) is 1. The van der Waals surface area contributed by atoms with Crippen LogP contribution >= 0.6 is 0 Å². The molecule has 14 heavy (non-hydrogen) atoms. The Morgan fingerprint density at radius 1 is 1.21 bits per heavy atom. The van der Waals surface area contributed by atoms with Gasteiger partial charge in [0.05, 0.1) is 16.9 Å². The number of fused-ring (bicyclic) bond motifs is 2. The maximum atomic E-state index is 4.65. The summed E-state index contributed by atoms with van der Waals surface area (Å²) in [4.78, 5) is 4.65. The van der Waals surface area contributed by atoms with Crippen LogP contribution in [0.3, 0.4) is 0 Å². The first-order chi connectivity index (χ1) is 6.93. The van der Waals surface area contributed by atoms with Crippen LogP contribution in [-0.2, 0) is 6.42 Å². The third kappa shape index (κ3) is 1.15. The zero-order valence-electron chi connectivity index (χ0n) is 7.96. The minimum absolute atomic E-state index is 1.08. The van der Waals surface area contributed by atoms with E-state index >= 15 is 0 Å². The van der Waals surface area contributed by atoms with Gasteiger partial charge in [0.15, 0.2) is 0 Å². The van der Waals surface area contributed by atoms with Crippen molar-refractivity contribution in [3.63, 3.8) is 0 Å². The number of anilines is 1. The minimum atomic E-state index is 1.08. The van der Waals surface area contributed by atoms with E-state index in [4.69, 9.17) is 0 Å². The molecule has 1 aromatic heterocycles. The molecule has 1 aromatic carbocycles. The Balaban J connectivity index is 2.27. The maximum Gasteiger partial charge on any atom is 0.0706 e. The monoisotopic (exact) mass is 184 g/mol. The maximum absolute atomic E-state index is 4.65. The predicted octanol–water partition coefficient (Wildman–Crippen LogP) is 2.59. The van der Waals surface area contributed by atoms with Gasteiger partial charge in [0.25, 0.3) is 0 Å². The predicted molar refractivity (Wildman–Crippen MR) is 58.6 cm³/mol. The largest absolute Gasteiger partial charge is 0.384 e. The number of pyridine rings is 1. The van der Waals surface area contributed by atoms with Crippen LogP contribution in [0.5, 0.6) is 0 Å². The van der Waals surface area contributed by atoms with E-state index in [-0.39, 0.29) is 0 Å². The summed E-state index contributed by atoms with van der Waals surface area (Å²) in [7, 11) is 0. The summed E-state index contributed by atoms with van der Waals surface area (Å²) in [6.45, 7) is 1.08. The lowest BCUT2D eigenvalue weighted by Gasteiger charge is -2.17. The lowest BCUT2D eigenvalue weighted by molar-refractivity contribution is 0.807. The van der Waals surface area contributed by atoms with Gasteiger partial charge in [-0.1, -0.05) is 18.2 Å². The summed E-state index contributed by atoms with van der Waals surface area (Å²) in [5.41, 5.74) is 3.54. The average Bonchev–Trinajstić information content (AvgIpc) is 2.26. The van der Waals surface area contributed by atoms with Crippen molar-refractivity contribution in [2.45, 2.75) is 12.8 Å². The lowest BCUT2D eigenvalue weighted by Crippen LogP contribution is -2.12. The van der Waals surface area contributed by atoms with Gasteiger partial charge in [-0.2, -0.15) is 0 Å². The van der Waals surface area contributed by atoms with E-state index in [0.717, 1.165) is 18.5 Å². The summed E-state index contributed by atoms with van der Waals surface area (Å²) in [5, 5.41) is 4.62. The molecule has 0 saturated carbocycles. The Kier molecular flexibility index (Phi) is 1.66. The smallest absolute Gasteiger partial charge is 0.0706 e. The molecule has 2 heterocycles. The Bertz CT molecular complexity index is 432. The van der Waals surface area contributed by atoms with E-state index in [1.165, 1.54) is 23.2 Å². The number of rotatable bonds is 0. The third-order valence-electron chi connectivity index (χ3n) is 2.71. The molecule has 0 spiro atoms. The fourth-order valence-electron chi connectivity index (χ4n) is 1.98. The van der Waals surface area contributed by atoms with Crippen LogP contribution in [0, 0.1) is 0 Å². The number of aryl methyl sites for hydroxylation is 1. The highest BCUT2D eigenvalue weighted by molar-refractivity contribution is 5.82. The van der Waals surface area contributed by atoms with Crippen LogP contribution in [-0.4, -0.2) is 11.5 Å². The second-order valence-electron chi connectivity index (χ2n) is 3.71. The molecule has 3 rings (SSSR count). The molecule has 70 valence electrons. The quantitative estimate of drug-likeness (QED) is 0.680. The van der Waals surface area contributed by atoms with Gasteiger partial charge in [-0.15, -0.1) is 0 Å². The first-order valence-electron chi connectivity index (χ1n) is 5.06.